The van der Waals surface area contributed by atoms with E-state index in [9.17, 15) is 14.0 Å². The third-order valence-electron chi connectivity index (χ3n) is 4.48. The van der Waals surface area contributed by atoms with Crippen LogP contribution in [0.15, 0.2) is 36.4 Å². The number of halogens is 2. The lowest BCUT2D eigenvalue weighted by molar-refractivity contribution is 0.0535. The molecule has 0 atom stereocenters. The van der Waals surface area contributed by atoms with Crippen LogP contribution in [0.25, 0.3) is 0 Å². The molecule has 0 N–H and O–H groups in total. The summed E-state index contributed by atoms with van der Waals surface area (Å²) in [6.45, 7) is 5.68. The summed E-state index contributed by atoms with van der Waals surface area (Å²) in [5.41, 5.74) is 3.05. The second kappa shape index (κ2) is 7.46. The van der Waals surface area contributed by atoms with E-state index in [1.807, 2.05) is 32.0 Å². The number of aryl methyl sites for hydroxylation is 2. The van der Waals surface area contributed by atoms with Gasteiger partial charge < -0.3 is 9.80 Å². The first kappa shape index (κ1) is 18.4. The number of amides is 2. The van der Waals surface area contributed by atoms with Crippen molar-refractivity contribution in [1.82, 2.24) is 9.80 Å². The SMILES string of the molecule is Cc1cc(C)cc(C(=O)N2CCN(C(=O)c3ccc(F)cc3Cl)CC2)c1. The highest BCUT2D eigenvalue weighted by Crippen LogP contribution is 2.20. The highest BCUT2D eigenvalue weighted by Gasteiger charge is 2.26. The van der Waals surface area contributed by atoms with Crippen LogP contribution in [0, 0.1) is 19.7 Å². The molecule has 4 nitrogen and oxygen atoms in total. The van der Waals surface area contributed by atoms with Crippen molar-refractivity contribution >= 4 is 23.4 Å². The fraction of sp³-hybridized carbons (Fsp3) is 0.300. The van der Waals surface area contributed by atoms with Gasteiger partial charge >= 0.3 is 0 Å². The molecule has 1 heterocycles. The zero-order valence-corrected chi connectivity index (χ0v) is 15.5. The van der Waals surface area contributed by atoms with Gasteiger partial charge in [-0.3, -0.25) is 9.59 Å². The van der Waals surface area contributed by atoms with Crippen LogP contribution < -0.4 is 0 Å². The molecule has 0 saturated carbocycles. The van der Waals surface area contributed by atoms with E-state index >= 15 is 0 Å². The Bertz CT molecular complexity index is 841. The lowest BCUT2D eigenvalue weighted by atomic mass is 10.1. The molecule has 0 aliphatic carbocycles. The standard InChI is InChI=1S/C20H20ClFN2O2/c1-13-9-14(2)11-15(10-13)19(25)23-5-7-24(8-6-23)20(26)17-4-3-16(22)12-18(17)21/h3-4,9-12H,5-8H2,1-2H3. The predicted octanol–water partition coefficient (Wildman–Crippen LogP) is 3.69. The van der Waals surface area contributed by atoms with Crippen molar-refractivity contribution in [3.05, 3.63) is 69.5 Å². The average Bonchev–Trinajstić information content (AvgIpc) is 2.60. The van der Waals surface area contributed by atoms with E-state index in [-0.39, 0.29) is 22.4 Å². The predicted molar refractivity (Wildman–Crippen MR) is 99.1 cm³/mol. The topological polar surface area (TPSA) is 40.6 Å². The number of carbonyl (C=O) groups is 2. The Kier molecular flexibility index (Phi) is 5.28. The average molecular weight is 375 g/mol. The third-order valence-corrected chi connectivity index (χ3v) is 4.80. The highest BCUT2D eigenvalue weighted by molar-refractivity contribution is 6.33. The van der Waals surface area contributed by atoms with E-state index in [2.05, 4.69) is 0 Å². The van der Waals surface area contributed by atoms with Gasteiger partial charge in [-0.1, -0.05) is 28.8 Å². The number of hydrogen-bond donors (Lipinski definition) is 0. The number of piperazine rings is 1. The van der Waals surface area contributed by atoms with Gasteiger partial charge in [0.25, 0.3) is 11.8 Å². The van der Waals surface area contributed by atoms with Crippen molar-refractivity contribution in [2.24, 2.45) is 0 Å². The van der Waals surface area contributed by atoms with Crippen LogP contribution in [0.5, 0.6) is 0 Å². The van der Waals surface area contributed by atoms with E-state index in [1.165, 1.54) is 12.1 Å². The van der Waals surface area contributed by atoms with Gasteiger partial charge in [-0.15, -0.1) is 0 Å². The molecule has 6 heteroatoms. The first-order chi connectivity index (χ1) is 12.3. The molecule has 1 aliphatic rings. The maximum absolute atomic E-state index is 13.2. The second-order valence-electron chi connectivity index (χ2n) is 6.58. The van der Waals surface area contributed by atoms with E-state index in [0.29, 0.717) is 31.7 Å². The van der Waals surface area contributed by atoms with Crippen LogP contribution >= 0.6 is 11.6 Å². The first-order valence-corrected chi connectivity index (χ1v) is 8.85. The summed E-state index contributed by atoms with van der Waals surface area (Å²) in [7, 11) is 0. The molecule has 2 aromatic carbocycles. The van der Waals surface area contributed by atoms with Crippen molar-refractivity contribution in [3.8, 4) is 0 Å². The largest absolute Gasteiger partial charge is 0.335 e. The molecular weight excluding hydrogens is 355 g/mol. The van der Waals surface area contributed by atoms with Crippen molar-refractivity contribution < 1.29 is 14.0 Å². The van der Waals surface area contributed by atoms with Crippen LogP contribution in [0.2, 0.25) is 5.02 Å². The van der Waals surface area contributed by atoms with Crippen molar-refractivity contribution in [2.45, 2.75) is 13.8 Å². The molecule has 0 radical (unpaired) electrons. The van der Waals surface area contributed by atoms with Crippen LogP contribution in [0.1, 0.15) is 31.8 Å². The molecule has 0 aromatic heterocycles. The maximum Gasteiger partial charge on any atom is 0.255 e. The molecule has 0 spiro atoms. The molecule has 26 heavy (non-hydrogen) atoms. The lowest BCUT2D eigenvalue weighted by Crippen LogP contribution is -2.50. The molecule has 2 aromatic rings. The Balaban J connectivity index is 1.67. The minimum Gasteiger partial charge on any atom is -0.335 e. The fourth-order valence-corrected chi connectivity index (χ4v) is 3.47. The van der Waals surface area contributed by atoms with Gasteiger partial charge in [0.05, 0.1) is 10.6 Å². The number of carbonyl (C=O) groups excluding carboxylic acids is 2. The van der Waals surface area contributed by atoms with Gasteiger partial charge in [0.1, 0.15) is 5.82 Å². The van der Waals surface area contributed by atoms with E-state index < -0.39 is 5.82 Å². The van der Waals surface area contributed by atoms with Crippen molar-refractivity contribution in [2.75, 3.05) is 26.2 Å². The van der Waals surface area contributed by atoms with E-state index in [0.717, 1.165) is 17.2 Å². The summed E-state index contributed by atoms with van der Waals surface area (Å²) in [5, 5.41) is 0.101. The van der Waals surface area contributed by atoms with Crippen LogP contribution in [0.4, 0.5) is 4.39 Å². The summed E-state index contributed by atoms with van der Waals surface area (Å²) in [6.07, 6.45) is 0. The first-order valence-electron chi connectivity index (χ1n) is 8.47. The zero-order valence-electron chi connectivity index (χ0n) is 14.8. The van der Waals surface area contributed by atoms with E-state index in [1.54, 1.807) is 9.80 Å². The zero-order chi connectivity index (χ0) is 18.8. The number of hydrogen-bond acceptors (Lipinski definition) is 2. The van der Waals surface area contributed by atoms with Crippen LogP contribution in [-0.4, -0.2) is 47.8 Å². The Morgan fingerprint density at radius 1 is 0.885 bits per heavy atom. The summed E-state index contributed by atoms with van der Waals surface area (Å²) in [5.74, 6) is -0.743. The summed E-state index contributed by atoms with van der Waals surface area (Å²) < 4.78 is 13.2. The molecule has 1 saturated heterocycles. The fourth-order valence-electron chi connectivity index (χ4n) is 3.23. The molecule has 1 aliphatic heterocycles. The Morgan fingerprint density at radius 2 is 1.42 bits per heavy atom. The monoisotopic (exact) mass is 374 g/mol. The molecule has 0 unspecified atom stereocenters. The molecule has 136 valence electrons. The van der Waals surface area contributed by atoms with Gasteiger partial charge in [0.15, 0.2) is 0 Å². The molecule has 2 amide bonds. The molecule has 1 fully saturated rings. The molecular formula is C20H20ClFN2O2. The molecule has 0 bridgehead atoms. The highest BCUT2D eigenvalue weighted by atomic mass is 35.5. The number of nitrogens with zero attached hydrogens (tertiary/aromatic N) is 2. The lowest BCUT2D eigenvalue weighted by Gasteiger charge is -2.35. The normalized spacial score (nSPS) is 14.5. The van der Waals surface area contributed by atoms with Crippen molar-refractivity contribution in [3.63, 3.8) is 0 Å². The van der Waals surface area contributed by atoms with Gasteiger partial charge in [-0.25, -0.2) is 4.39 Å². The number of rotatable bonds is 2. The van der Waals surface area contributed by atoms with Gasteiger partial charge in [0.2, 0.25) is 0 Å². The third kappa shape index (κ3) is 3.88. The summed E-state index contributed by atoms with van der Waals surface area (Å²) in [4.78, 5) is 28.7. The maximum atomic E-state index is 13.2. The number of benzene rings is 2. The smallest absolute Gasteiger partial charge is 0.255 e. The van der Waals surface area contributed by atoms with Crippen molar-refractivity contribution in [1.29, 1.82) is 0 Å². The second-order valence-corrected chi connectivity index (χ2v) is 6.99. The van der Waals surface area contributed by atoms with Gasteiger partial charge in [-0.2, -0.15) is 0 Å². The minimum atomic E-state index is -0.476. The Hall–Kier alpha value is -2.40. The minimum absolute atomic E-state index is 0.0243. The van der Waals surface area contributed by atoms with Crippen LogP contribution in [0.3, 0.4) is 0 Å². The molecule has 3 rings (SSSR count). The van der Waals surface area contributed by atoms with Gasteiger partial charge in [0, 0.05) is 31.7 Å². The van der Waals surface area contributed by atoms with Gasteiger partial charge in [-0.05, 0) is 44.2 Å². The summed E-state index contributed by atoms with van der Waals surface area (Å²) in [6, 6.07) is 9.54. The van der Waals surface area contributed by atoms with E-state index in [4.69, 9.17) is 11.6 Å². The quantitative estimate of drug-likeness (QED) is 0.804. The summed E-state index contributed by atoms with van der Waals surface area (Å²) >= 11 is 5.98. The Labute approximate surface area is 157 Å². The van der Waals surface area contributed by atoms with Crippen LogP contribution in [-0.2, 0) is 0 Å². The Morgan fingerprint density at radius 3 is 1.96 bits per heavy atom.